The molecule has 2 aliphatic heterocycles. The van der Waals surface area contributed by atoms with Crippen molar-refractivity contribution >= 4 is 11.6 Å². The molecule has 42 heavy (non-hydrogen) atoms. The second-order valence-corrected chi connectivity index (χ2v) is 10.7. The van der Waals surface area contributed by atoms with Crippen molar-refractivity contribution in [2.24, 2.45) is 0 Å². The normalized spacial score (nSPS) is 18.2. The molecule has 3 aromatic carbocycles. The predicted octanol–water partition coefficient (Wildman–Crippen LogP) is 5.74. The van der Waals surface area contributed by atoms with Crippen LogP contribution in [0.5, 0.6) is 11.6 Å². The van der Waals surface area contributed by atoms with E-state index >= 15 is 0 Å². The average Bonchev–Trinajstić information content (AvgIpc) is 3.71. The van der Waals surface area contributed by atoms with Crippen LogP contribution < -0.4 is 25.4 Å². The Labute approximate surface area is 243 Å². The maximum absolute atomic E-state index is 14.2. The van der Waals surface area contributed by atoms with E-state index in [4.69, 9.17) is 9.47 Å². The molecule has 0 radical (unpaired) electrons. The van der Waals surface area contributed by atoms with E-state index in [1.807, 2.05) is 37.3 Å². The van der Waals surface area contributed by atoms with Gasteiger partial charge in [-0.1, -0.05) is 35.9 Å². The molecule has 216 valence electrons. The topological polar surface area (TPSA) is 84.5 Å². The molecule has 2 fully saturated rings. The number of anilines is 1. The summed E-state index contributed by atoms with van der Waals surface area (Å²) in [6, 6.07) is 18.6. The number of nitrogens with one attached hydrogen (secondary N) is 3. The maximum atomic E-state index is 14.2. The zero-order valence-corrected chi connectivity index (χ0v) is 23.3. The van der Waals surface area contributed by atoms with Crippen LogP contribution in [-0.2, 0) is 0 Å². The van der Waals surface area contributed by atoms with Crippen molar-refractivity contribution in [2.75, 3.05) is 31.5 Å². The molecule has 1 amide bonds. The van der Waals surface area contributed by atoms with Crippen LogP contribution in [0.2, 0.25) is 0 Å². The van der Waals surface area contributed by atoms with E-state index < -0.39 is 11.6 Å². The SMILES string of the molecule is Cc1ccc(-c2cc(NC(=O)c3ccc(O[C@H]4CCNC4)c(-c4ccc(F)c(F)c4)c3)cnc2O[C@H]2CCNC2)cc1. The van der Waals surface area contributed by atoms with E-state index in [-0.39, 0.29) is 18.1 Å². The van der Waals surface area contributed by atoms with Crippen LogP contribution in [0.15, 0.2) is 72.9 Å². The fraction of sp³-hybridized carbons (Fsp3) is 0.273. The first-order valence-electron chi connectivity index (χ1n) is 14.2. The summed E-state index contributed by atoms with van der Waals surface area (Å²) in [5, 5.41) is 9.49. The minimum absolute atomic E-state index is 0.0256. The highest BCUT2D eigenvalue weighted by atomic mass is 19.2. The number of pyridine rings is 1. The Hall–Kier alpha value is -4.34. The molecule has 3 heterocycles. The van der Waals surface area contributed by atoms with Crippen molar-refractivity contribution in [3.8, 4) is 33.9 Å². The highest BCUT2D eigenvalue weighted by Gasteiger charge is 2.22. The van der Waals surface area contributed by atoms with E-state index in [1.54, 1.807) is 24.4 Å². The molecule has 2 aliphatic rings. The number of benzene rings is 3. The largest absolute Gasteiger partial charge is 0.488 e. The van der Waals surface area contributed by atoms with Crippen molar-refractivity contribution < 1.29 is 23.0 Å². The first-order chi connectivity index (χ1) is 20.4. The Bertz CT molecular complexity index is 1580. The van der Waals surface area contributed by atoms with Gasteiger partial charge >= 0.3 is 0 Å². The summed E-state index contributed by atoms with van der Waals surface area (Å²) in [6.45, 7) is 5.20. The Kier molecular flexibility index (Phi) is 8.12. The van der Waals surface area contributed by atoms with Crippen LogP contribution in [-0.4, -0.2) is 49.3 Å². The van der Waals surface area contributed by atoms with Crippen LogP contribution in [0.1, 0.15) is 28.8 Å². The van der Waals surface area contributed by atoms with E-state index in [1.165, 1.54) is 6.07 Å². The molecule has 0 unspecified atom stereocenters. The van der Waals surface area contributed by atoms with Crippen LogP contribution >= 0.6 is 0 Å². The third kappa shape index (κ3) is 6.27. The number of halogens is 2. The molecule has 9 heteroatoms. The van der Waals surface area contributed by atoms with Crippen LogP contribution in [0.4, 0.5) is 14.5 Å². The second-order valence-electron chi connectivity index (χ2n) is 10.7. The zero-order valence-electron chi connectivity index (χ0n) is 23.3. The second kappa shape index (κ2) is 12.3. The van der Waals surface area contributed by atoms with Crippen LogP contribution in [0.25, 0.3) is 22.3 Å². The third-order valence-corrected chi connectivity index (χ3v) is 7.55. The summed E-state index contributed by atoms with van der Waals surface area (Å²) in [4.78, 5) is 18.0. The number of rotatable bonds is 8. The molecule has 2 saturated heterocycles. The molecule has 1 aromatic heterocycles. The van der Waals surface area contributed by atoms with Crippen molar-refractivity contribution in [2.45, 2.75) is 32.0 Å². The summed E-state index contributed by atoms with van der Waals surface area (Å²) < 4.78 is 40.3. The first kappa shape index (κ1) is 27.8. The van der Waals surface area contributed by atoms with Gasteiger partial charge in [-0.25, -0.2) is 13.8 Å². The van der Waals surface area contributed by atoms with Crippen molar-refractivity contribution in [1.29, 1.82) is 0 Å². The molecule has 3 N–H and O–H groups in total. The molecular weight excluding hydrogens is 538 g/mol. The Morgan fingerprint density at radius 3 is 2.24 bits per heavy atom. The minimum atomic E-state index is -0.971. The molecule has 2 atom stereocenters. The maximum Gasteiger partial charge on any atom is 0.255 e. The van der Waals surface area contributed by atoms with Gasteiger partial charge in [0.2, 0.25) is 5.88 Å². The van der Waals surface area contributed by atoms with Gasteiger partial charge in [0, 0.05) is 29.8 Å². The Morgan fingerprint density at radius 1 is 0.833 bits per heavy atom. The highest BCUT2D eigenvalue weighted by molar-refractivity contribution is 6.05. The van der Waals surface area contributed by atoms with E-state index in [0.717, 1.165) is 61.3 Å². The summed E-state index contributed by atoms with van der Waals surface area (Å²) in [6.07, 6.45) is 3.27. The standard InChI is InChI=1S/C33H32F2N4O3/c1-20-2-4-21(5-3-20)28-16-24(17-38-33(28)42-26-11-13-37-19-26)39-32(40)23-7-9-31(41-25-10-12-36-18-25)27(14-23)22-6-8-29(34)30(35)15-22/h2-9,14-17,25-26,36-37H,10-13,18-19H2,1H3,(H,39,40)/t25-,26-/m0/s1. The average molecular weight is 571 g/mol. The van der Waals surface area contributed by atoms with Crippen molar-refractivity contribution in [1.82, 2.24) is 15.6 Å². The van der Waals surface area contributed by atoms with Gasteiger partial charge in [0.25, 0.3) is 5.91 Å². The number of nitrogens with zero attached hydrogens (tertiary/aromatic N) is 1. The number of amides is 1. The van der Waals surface area contributed by atoms with Gasteiger partial charge in [-0.15, -0.1) is 0 Å². The molecule has 6 rings (SSSR count). The number of aryl methyl sites for hydroxylation is 1. The van der Waals surface area contributed by atoms with Crippen LogP contribution in [0.3, 0.4) is 0 Å². The lowest BCUT2D eigenvalue weighted by Gasteiger charge is -2.18. The number of aromatic nitrogens is 1. The van der Waals surface area contributed by atoms with E-state index in [0.29, 0.717) is 40.6 Å². The predicted molar refractivity (Wildman–Crippen MR) is 158 cm³/mol. The molecule has 0 bridgehead atoms. The van der Waals surface area contributed by atoms with E-state index in [2.05, 4.69) is 20.9 Å². The number of ether oxygens (including phenoxy) is 2. The number of hydrogen-bond donors (Lipinski definition) is 3. The van der Waals surface area contributed by atoms with Gasteiger partial charge in [-0.2, -0.15) is 0 Å². The Balaban J connectivity index is 1.30. The molecule has 4 aromatic rings. The summed E-state index contributed by atoms with van der Waals surface area (Å²) >= 11 is 0. The Morgan fingerprint density at radius 2 is 1.55 bits per heavy atom. The molecule has 0 saturated carbocycles. The van der Waals surface area contributed by atoms with Gasteiger partial charge in [0.1, 0.15) is 18.0 Å². The monoisotopic (exact) mass is 570 g/mol. The molecule has 0 aliphatic carbocycles. The van der Waals surface area contributed by atoms with E-state index in [9.17, 15) is 13.6 Å². The summed E-state index contributed by atoms with van der Waals surface area (Å²) in [5.74, 6) is -1.28. The summed E-state index contributed by atoms with van der Waals surface area (Å²) in [7, 11) is 0. The van der Waals surface area contributed by atoms with Crippen molar-refractivity contribution in [3.63, 3.8) is 0 Å². The highest BCUT2D eigenvalue weighted by Crippen LogP contribution is 2.35. The zero-order chi connectivity index (χ0) is 29.1. The third-order valence-electron chi connectivity index (χ3n) is 7.55. The lowest BCUT2D eigenvalue weighted by Crippen LogP contribution is -2.20. The van der Waals surface area contributed by atoms with Crippen LogP contribution in [0, 0.1) is 18.6 Å². The number of carbonyl (C=O) groups excluding carboxylic acids is 1. The molecular formula is C33H32F2N4O3. The number of carbonyl (C=O) groups is 1. The molecule has 0 spiro atoms. The number of hydrogen-bond acceptors (Lipinski definition) is 6. The first-order valence-corrected chi connectivity index (χ1v) is 14.2. The van der Waals surface area contributed by atoms with Gasteiger partial charge in [0.05, 0.1) is 11.9 Å². The minimum Gasteiger partial charge on any atom is -0.488 e. The summed E-state index contributed by atoms with van der Waals surface area (Å²) in [5.41, 5.74) is 4.58. The van der Waals surface area contributed by atoms with Gasteiger partial charge in [0.15, 0.2) is 11.6 Å². The van der Waals surface area contributed by atoms with Gasteiger partial charge in [-0.3, -0.25) is 4.79 Å². The molecule has 7 nitrogen and oxygen atoms in total. The van der Waals surface area contributed by atoms with Gasteiger partial charge < -0.3 is 25.4 Å². The smallest absolute Gasteiger partial charge is 0.255 e. The quantitative estimate of drug-likeness (QED) is 0.251. The fourth-order valence-electron chi connectivity index (χ4n) is 5.22. The fourth-order valence-corrected chi connectivity index (χ4v) is 5.22. The van der Waals surface area contributed by atoms with Gasteiger partial charge in [-0.05, 0) is 80.4 Å². The lowest BCUT2D eigenvalue weighted by molar-refractivity contribution is 0.102. The lowest BCUT2D eigenvalue weighted by atomic mass is 10.0. The van der Waals surface area contributed by atoms with Crippen molar-refractivity contribution in [3.05, 3.63) is 95.7 Å².